The van der Waals surface area contributed by atoms with Crippen molar-refractivity contribution in [2.45, 2.75) is 32.6 Å². The molecule has 2 aromatic heterocycles. The van der Waals surface area contributed by atoms with Crippen LogP contribution in [-0.4, -0.2) is 31.2 Å². The minimum absolute atomic E-state index is 0.0590. The predicted molar refractivity (Wildman–Crippen MR) is 130 cm³/mol. The molecule has 1 amide bonds. The number of phenolic OH excluding ortho intramolecular Hbond substituents is 1. The van der Waals surface area contributed by atoms with Gasteiger partial charge in [-0.2, -0.15) is 5.10 Å². The molecule has 7 heteroatoms. The number of nitrogens with one attached hydrogen (secondary N) is 3. The number of phenols is 1. The van der Waals surface area contributed by atoms with E-state index in [1.54, 1.807) is 12.1 Å². The highest BCUT2D eigenvalue weighted by Gasteiger charge is 2.17. The van der Waals surface area contributed by atoms with E-state index >= 15 is 0 Å². The maximum Gasteiger partial charge on any atom is 0.228 e. The number of hydrogen-bond donors (Lipinski definition) is 4. The summed E-state index contributed by atoms with van der Waals surface area (Å²) in [5.41, 5.74) is 6.29. The number of amides is 1. The third-order valence-corrected chi connectivity index (χ3v) is 5.72. The summed E-state index contributed by atoms with van der Waals surface area (Å²) in [6.07, 6.45) is 0.228. The Hall–Kier alpha value is -4.13. The molecule has 0 saturated carbocycles. The number of carbonyl (C=O) groups excluding carboxylic acids is 1. The first-order valence-corrected chi connectivity index (χ1v) is 10.8. The Bertz CT molecular complexity index is 1470. The second-order valence-corrected chi connectivity index (χ2v) is 9.29. The quantitative estimate of drug-likeness (QED) is 0.285. The minimum Gasteiger partial charge on any atom is -0.508 e. The normalized spacial score (nSPS) is 11.8. The van der Waals surface area contributed by atoms with E-state index in [-0.39, 0.29) is 23.5 Å². The van der Waals surface area contributed by atoms with Crippen LogP contribution in [0.15, 0.2) is 60.7 Å². The van der Waals surface area contributed by atoms with E-state index in [0.717, 1.165) is 33.2 Å². The third-order valence-electron chi connectivity index (χ3n) is 5.72. The number of hydrogen-bond acceptors (Lipinski definition) is 4. The van der Waals surface area contributed by atoms with Crippen molar-refractivity contribution in [3.05, 3.63) is 71.8 Å². The fourth-order valence-corrected chi connectivity index (χ4v) is 3.88. The molecule has 0 aliphatic carbocycles. The molecular weight excluding hydrogens is 414 g/mol. The number of benzene rings is 3. The van der Waals surface area contributed by atoms with Gasteiger partial charge in [0.15, 0.2) is 5.82 Å². The first-order valence-electron chi connectivity index (χ1n) is 10.8. The molecule has 0 fully saturated rings. The van der Waals surface area contributed by atoms with E-state index in [1.165, 1.54) is 17.7 Å². The summed E-state index contributed by atoms with van der Waals surface area (Å²) in [7, 11) is 0. The Morgan fingerprint density at radius 3 is 2.55 bits per heavy atom. The molecule has 7 nitrogen and oxygen atoms in total. The van der Waals surface area contributed by atoms with Crippen LogP contribution in [-0.2, 0) is 16.6 Å². The van der Waals surface area contributed by atoms with E-state index in [2.05, 4.69) is 53.4 Å². The van der Waals surface area contributed by atoms with Crippen molar-refractivity contribution in [2.75, 3.05) is 5.32 Å². The first-order chi connectivity index (χ1) is 15.8. The molecule has 0 radical (unpaired) electrons. The zero-order chi connectivity index (χ0) is 23.2. The molecule has 33 heavy (non-hydrogen) atoms. The number of imidazole rings is 1. The van der Waals surface area contributed by atoms with Crippen molar-refractivity contribution in [1.29, 1.82) is 0 Å². The molecule has 0 aliphatic rings. The van der Waals surface area contributed by atoms with Gasteiger partial charge in [-0.1, -0.05) is 39.0 Å². The summed E-state index contributed by atoms with van der Waals surface area (Å²) >= 11 is 0. The number of rotatable bonds is 4. The number of aromatic amines is 2. The highest BCUT2D eigenvalue weighted by Crippen LogP contribution is 2.29. The molecule has 5 aromatic rings. The summed E-state index contributed by atoms with van der Waals surface area (Å²) in [4.78, 5) is 20.6. The van der Waals surface area contributed by atoms with Crippen LogP contribution in [0.4, 0.5) is 5.69 Å². The average Bonchev–Trinajstić information content (AvgIpc) is 3.37. The van der Waals surface area contributed by atoms with E-state index < -0.39 is 0 Å². The van der Waals surface area contributed by atoms with Crippen LogP contribution in [0.5, 0.6) is 5.75 Å². The monoisotopic (exact) mass is 439 g/mol. The van der Waals surface area contributed by atoms with Gasteiger partial charge in [-0.15, -0.1) is 0 Å². The number of anilines is 1. The molecule has 0 unspecified atom stereocenters. The van der Waals surface area contributed by atoms with Gasteiger partial charge in [-0.3, -0.25) is 9.89 Å². The van der Waals surface area contributed by atoms with E-state index in [1.807, 2.05) is 24.3 Å². The summed E-state index contributed by atoms with van der Waals surface area (Å²) in [5.74, 6) is 0.736. The molecule has 4 N–H and O–H groups in total. The van der Waals surface area contributed by atoms with Crippen molar-refractivity contribution in [3.8, 4) is 17.3 Å². The standard InChI is InChI=1S/C26H25N5O2/c1-26(2,3)16-5-11-20-22(14-16)29-25(28-20)24-19-10-4-15(12-21(19)30-31-24)13-23(33)27-17-6-8-18(32)9-7-17/h4-12,14,32H,13H2,1-3H3,(H,27,33)(H,28,29)(H,30,31). The summed E-state index contributed by atoms with van der Waals surface area (Å²) < 4.78 is 0. The largest absolute Gasteiger partial charge is 0.508 e. The van der Waals surface area contributed by atoms with Crippen molar-refractivity contribution in [1.82, 2.24) is 20.2 Å². The number of H-pyrrole nitrogens is 2. The fourth-order valence-electron chi connectivity index (χ4n) is 3.88. The lowest BCUT2D eigenvalue weighted by Crippen LogP contribution is -2.14. The maximum atomic E-state index is 12.4. The predicted octanol–water partition coefficient (Wildman–Crippen LogP) is 5.29. The Balaban J connectivity index is 1.39. The number of aromatic nitrogens is 4. The van der Waals surface area contributed by atoms with Crippen LogP contribution in [0.1, 0.15) is 31.9 Å². The van der Waals surface area contributed by atoms with E-state index in [9.17, 15) is 9.90 Å². The molecular formula is C26H25N5O2. The molecule has 3 aromatic carbocycles. The highest BCUT2D eigenvalue weighted by atomic mass is 16.3. The van der Waals surface area contributed by atoms with Crippen molar-refractivity contribution in [2.24, 2.45) is 0 Å². The summed E-state index contributed by atoms with van der Waals surface area (Å²) in [5, 5.41) is 20.7. The van der Waals surface area contributed by atoms with Gasteiger partial charge in [-0.05, 0) is 59.0 Å². The zero-order valence-electron chi connectivity index (χ0n) is 18.7. The second-order valence-electron chi connectivity index (χ2n) is 9.29. The fraction of sp³-hybridized carbons (Fsp3) is 0.192. The lowest BCUT2D eigenvalue weighted by Gasteiger charge is -2.18. The number of nitrogens with zero attached hydrogens (tertiary/aromatic N) is 2. The van der Waals surface area contributed by atoms with Gasteiger partial charge in [0, 0.05) is 11.1 Å². The number of fused-ring (bicyclic) bond motifs is 2. The van der Waals surface area contributed by atoms with Crippen molar-refractivity contribution in [3.63, 3.8) is 0 Å². The van der Waals surface area contributed by atoms with Crippen LogP contribution >= 0.6 is 0 Å². The topological polar surface area (TPSA) is 107 Å². The summed E-state index contributed by atoms with van der Waals surface area (Å²) in [6.45, 7) is 6.57. The van der Waals surface area contributed by atoms with Gasteiger partial charge in [0.05, 0.1) is 23.0 Å². The van der Waals surface area contributed by atoms with Gasteiger partial charge < -0.3 is 15.4 Å². The molecule has 166 valence electrons. The molecule has 0 aliphatic heterocycles. The lowest BCUT2D eigenvalue weighted by atomic mass is 9.87. The Kier molecular flexibility index (Phi) is 4.89. The first kappa shape index (κ1) is 20.8. The average molecular weight is 440 g/mol. The van der Waals surface area contributed by atoms with E-state index in [0.29, 0.717) is 11.5 Å². The Labute approximate surface area is 190 Å². The molecule has 2 heterocycles. The van der Waals surface area contributed by atoms with Crippen molar-refractivity contribution >= 4 is 33.5 Å². The smallest absolute Gasteiger partial charge is 0.228 e. The molecule has 0 atom stereocenters. The van der Waals surface area contributed by atoms with Gasteiger partial charge in [-0.25, -0.2) is 4.98 Å². The number of aromatic hydroxyl groups is 1. The maximum absolute atomic E-state index is 12.4. The molecule has 0 saturated heterocycles. The Morgan fingerprint density at radius 1 is 1.00 bits per heavy atom. The highest BCUT2D eigenvalue weighted by molar-refractivity contribution is 5.95. The Morgan fingerprint density at radius 2 is 1.79 bits per heavy atom. The minimum atomic E-state index is -0.133. The van der Waals surface area contributed by atoms with Crippen LogP contribution in [0, 0.1) is 0 Å². The van der Waals surface area contributed by atoms with Crippen LogP contribution in [0.2, 0.25) is 0 Å². The van der Waals surface area contributed by atoms with Crippen LogP contribution in [0.3, 0.4) is 0 Å². The van der Waals surface area contributed by atoms with Crippen LogP contribution < -0.4 is 5.32 Å². The zero-order valence-corrected chi connectivity index (χ0v) is 18.7. The molecule has 5 rings (SSSR count). The third kappa shape index (κ3) is 4.17. The van der Waals surface area contributed by atoms with Gasteiger partial charge in [0.1, 0.15) is 11.4 Å². The van der Waals surface area contributed by atoms with Crippen LogP contribution in [0.25, 0.3) is 33.5 Å². The number of carbonyl (C=O) groups is 1. The lowest BCUT2D eigenvalue weighted by molar-refractivity contribution is -0.115. The van der Waals surface area contributed by atoms with Gasteiger partial charge in [0.25, 0.3) is 0 Å². The van der Waals surface area contributed by atoms with Gasteiger partial charge in [0.2, 0.25) is 5.91 Å². The second kappa shape index (κ2) is 7.78. The SMILES string of the molecule is CC(C)(C)c1ccc2nc(-c3n[nH]c4cc(CC(=O)Nc5ccc(O)cc5)ccc34)[nH]c2c1. The molecule has 0 spiro atoms. The summed E-state index contributed by atoms with van der Waals surface area (Å²) in [6, 6.07) is 18.5. The van der Waals surface area contributed by atoms with Crippen molar-refractivity contribution < 1.29 is 9.90 Å². The molecule has 0 bridgehead atoms. The van der Waals surface area contributed by atoms with Gasteiger partial charge >= 0.3 is 0 Å². The van der Waals surface area contributed by atoms with E-state index in [4.69, 9.17) is 4.98 Å².